The van der Waals surface area contributed by atoms with E-state index < -0.39 is 0 Å². The van der Waals surface area contributed by atoms with Crippen molar-refractivity contribution in [2.24, 2.45) is 0 Å². The minimum atomic E-state index is 0.464. The highest BCUT2D eigenvalue weighted by Gasteiger charge is 2.29. The molecule has 21 heavy (non-hydrogen) atoms. The van der Waals surface area contributed by atoms with Crippen molar-refractivity contribution < 1.29 is 4.74 Å². The summed E-state index contributed by atoms with van der Waals surface area (Å²) in [7, 11) is 1.85. The van der Waals surface area contributed by atoms with Crippen molar-refractivity contribution >= 4 is 11.4 Å². The molecule has 1 aromatic carbocycles. The number of methoxy groups -OCH3 is 1. The Hall–Kier alpha value is -1.26. The normalized spacial score (nSPS) is 27.8. The van der Waals surface area contributed by atoms with Gasteiger partial charge in [0.1, 0.15) is 0 Å². The molecule has 2 N–H and O–H groups in total. The molecule has 2 unspecified atom stereocenters. The van der Waals surface area contributed by atoms with Gasteiger partial charge in [-0.25, -0.2) is 0 Å². The highest BCUT2D eigenvalue weighted by molar-refractivity contribution is 5.67. The molecule has 2 aliphatic rings. The zero-order chi connectivity index (χ0) is 14.7. The first kappa shape index (κ1) is 14.7. The molecule has 1 saturated heterocycles. The van der Waals surface area contributed by atoms with Gasteiger partial charge >= 0.3 is 0 Å². The Labute approximate surface area is 127 Å². The predicted octanol–water partition coefficient (Wildman–Crippen LogP) is 2.35. The van der Waals surface area contributed by atoms with Crippen LogP contribution in [-0.4, -0.2) is 50.3 Å². The van der Waals surface area contributed by atoms with Crippen LogP contribution in [-0.2, 0) is 4.74 Å². The highest BCUT2D eigenvalue weighted by atomic mass is 16.5. The molecule has 116 valence electrons. The van der Waals surface area contributed by atoms with Crippen LogP contribution in [0.2, 0.25) is 0 Å². The fourth-order valence-corrected chi connectivity index (χ4v) is 3.77. The third kappa shape index (κ3) is 3.33. The molecule has 0 bridgehead atoms. The molecule has 0 radical (unpaired) electrons. The largest absolute Gasteiger partial charge is 0.397 e. The number of hydrogen-bond acceptors (Lipinski definition) is 4. The fourth-order valence-electron chi connectivity index (χ4n) is 3.77. The molecule has 4 heteroatoms. The summed E-state index contributed by atoms with van der Waals surface area (Å²) in [6.45, 7) is 4.41. The molecule has 1 aliphatic heterocycles. The van der Waals surface area contributed by atoms with Gasteiger partial charge in [0.2, 0.25) is 0 Å². The van der Waals surface area contributed by atoms with Crippen LogP contribution in [0.25, 0.3) is 0 Å². The summed E-state index contributed by atoms with van der Waals surface area (Å²) in [6.07, 6.45) is 5.52. The molecule has 1 aliphatic carbocycles. The SMILES string of the molecule is COC1CCCC(N2CCN(c3ccccc3N)CC2)C1. The molecular formula is C17H27N3O. The van der Waals surface area contributed by atoms with Gasteiger partial charge in [0.05, 0.1) is 17.5 Å². The Morgan fingerprint density at radius 2 is 1.86 bits per heavy atom. The summed E-state index contributed by atoms with van der Waals surface area (Å²) in [4.78, 5) is 5.07. The second-order valence-corrected chi connectivity index (χ2v) is 6.26. The summed E-state index contributed by atoms with van der Waals surface area (Å²) in [5.41, 5.74) is 8.18. The first-order chi connectivity index (χ1) is 10.3. The van der Waals surface area contributed by atoms with E-state index >= 15 is 0 Å². The Bertz CT molecular complexity index is 457. The van der Waals surface area contributed by atoms with Crippen LogP contribution < -0.4 is 10.6 Å². The second kappa shape index (κ2) is 6.67. The summed E-state index contributed by atoms with van der Waals surface area (Å²) < 4.78 is 5.56. The average Bonchev–Trinajstić information content (AvgIpc) is 2.56. The molecule has 0 aromatic heterocycles. The third-order valence-corrected chi connectivity index (χ3v) is 5.04. The van der Waals surface area contributed by atoms with Crippen molar-refractivity contribution in [1.82, 2.24) is 4.90 Å². The van der Waals surface area contributed by atoms with Crippen LogP contribution in [0.15, 0.2) is 24.3 Å². The van der Waals surface area contributed by atoms with Gasteiger partial charge in [0.25, 0.3) is 0 Å². The average molecular weight is 289 g/mol. The lowest BCUT2D eigenvalue weighted by Crippen LogP contribution is -2.52. The lowest BCUT2D eigenvalue weighted by Gasteiger charge is -2.43. The Morgan fingerprint density at radius 1 is 1.10 bits per heavy atom. The summed E-state index contributed by atoms with van der Waals surface area (Å²) in [5, 5.41) is 0. The molecule has 1 aromatic rings. The van der Waals surface area contributed by atoms with Crippen LogP contribution in [0.5, 0.6) is 0 Å². The number of ether oxygens (including phenoxy) is 1. The van der Waals surface area contributed by atoms with E-state index in [2.05, 4.69) is 21.9 Å². The second-order valence-electron chi connectivity index (χ2n) is 6.26. The van der Waals surface area contributed by atoms with E-state index in [-0.39, 0.29) is 0 Å². The van der Waals surface area contributed by atoms with Gasteiger partial charge in [0.15, 0.2) is 0 Å². The van der Waals surface area contributed by atoms with E-state index in [1.807, 2.05) is 19.2 Å². The number of nitrogens with zero attached hydrogens (tertiary/aromatic N) is 2. The Morgan fingerprint density at radius 3 is 2.57 bits per heavy atom. The quantitative estimate of drug-likeness (QED) is 0.867. The van der Waals surface area contributed by atoms with Crippen molar-refractivity contribution in [3.05, 3.63) is 24.3 Å². The molecule has 2 atom stereocenters. The zero-order valence-electron chi connectivity index (χ0n) is 13.0. The number of rotatable bonds is 3. The summed E-state index contributed by atoms with van der Waals surface area (Å²) >= 11 is 0. The van der Waals surface area contributed by atoms with Crippen molar-refractivity contribution in [2.75, 3.05) is 43.9 Å². The van der Waals surface area contributed by atoms with Crippen LogP contribution in [0, 0.1) is 0 Å². The molecule has 0 amide bonds. The molecule has 1 saturated carbocycles. The van der Waals surface area contributed by atoms with E-state index in [9.17, 15) is 0 Å². The number of anilines is 2. The predicted molar refractivity (Wildman–Crippen MR) is 87.7 cm³/mol. The number of nitrogens with two attached hydrogens (primary N) is 1. The topological polar surface area (TPSA) is 41.7 Å². The van der Waals surface area contributed by atoms with Crippen LogP contribution in [0.3, 0.4) is 0 Å². The maximum absolute atomic E-state index is 6.09. The minimum Gasteiger partial charge on any atom is -0.397 e. The van der Waals surface area contributed by atoms with Gasteiger partial charge in [0, 0.05) is 39.3 Å². The summed E-state index contributed by atoms with van der Waals surface area (Å²) in [6, 6.07) is 8.90. The number of hydrogen-bond donors (Lipinski definition) is 1. The van der Waals surface area contributed by atoms with Crippen molar-refractivity contribution in [3.63, 3.8) is 0 Å². The van der Waals surface area contributed by atoms with Crippen LogP contribution >= 0.6 is 0 Å². The van der Waals surface area contributed by atoms with Crippen LogP contribution in [0.4, 0.5) is 11.4 Å². The van der Waals surface area contributed by atoms with Gasteiger partial charge in [-0.1, -0.05) is 12.1 Å². The maximum atomic E-state index is 6.09. The lowest BCUT2D eigenvalue weighted by atomic mass is 9.91. The van der Waals surface area contributed by atoms with E-state index in [4.69, 9.17) is 10.5 Å². The molecule has 0 spiro atoms. The van der Waals surface area contributed by atoms with Crippen molar-refractivity contribution in [3.8, 4) is 0 Å². The van der Waals surface area contributed by atoms with Gasteiger partial charge in [-0.15, -0.1) is 0 Å². The molecule has 3 rings (SSSR count). The standard InChI is InChI=1S/C17H27N3O/c1-21-15-6-4-5-14(13-15)19-9-11-20(12-10-19)17-8-3-2-7-16(17)18/h2-3,7-8,14-15H,4-6,9-13,18H2,1H3. The molecule has 1 heterocycles. The van der Waals surface area contributed by atoms with E-state index in [0.717, 1.165) is 31.9 Å². The smallest absolute Gasteiger partial charge is 0.0600 e. The number of para-hydroxylation sites is 2. The lowest BCUT2D eigenvalue weighted by molar-refractivity contribution is 0.0264. The van der Waals surface area contributed by atoms with Crippen molar-refractivity contribution in [2.45, 2.75) is 37.8 Å². The molecule has 4 nitrogen and oxygen atoms in total. The first-order valence-electron chi connectivity index (χ1n) is 8.14. The summed E-state index contributed by atoms with van der Waals surface area (Å²) in [5.74, 6) is 0. The number of nitrogen functional groups attached to an aromatic ring is 1. The molecular weight excluding hydrogens is 262 g/mol. The van der Waals surface area contributed by atoms with Gasteiger partial charge in [-0.05, 0) is 37.8 Å². The number of piperazine rings is 1. The maximum Gasteiger partial charge on any atom is 0.0600 e. The third-order valence-electron chi connectivity index (χ3n) is 5.04. The monoisotopic (exact) mass is 289 g/mol. The van der Waals surface area contributed by atoms with Gasteiger partial charge in [-0.2, -0.15) is 0 Å². The zero-order valence-corrected chi connectivity index (χ0v) is 13.0. The van der Waals surface area contributed by atoms with Crippen molar-refractivity contribution in [1.29, 1.82) is 0 Å². The van der Waals surface area contributed by atoms with E-state index in [1.165, 1.54) is 31.4 Å². The van der Waals surface area contributed by atoms with Gasteiger partial charge in [-0.3, -0.25) is 4.90 Å². The minimum absolute atomic E-state index is 0.464. The van der Waals surface area contributed by atoms with E-state index in [1.54, 1.807) is 0 Å². The first-order valence-corrected chi connectivity index (χ1v) is 8.14. The number of benzene rings is 1. The van der Waals surface area contributed by atoms with E-state index in [0.29, 0.717) is 12.1 Å². The Balaban J connectivity index is 1.57. The molecule has 2 fully saturated rings. The highest BCUT2D eigenvalue weighted by Crippen LogP contribution is 2.28. The fraction of sp³-hybridized carbons (Fsp3) is 0.647. The van der Waals surface area contributed by atoms with Crippen LogP contribution in [0.1, 0.15) is 25.7 Å². The Kier molecular flexibility index (Phi) is 4.66. The van der Waals surface area contributed by atoms with Gasteiger partial charge < -0.3 is 15.4 Å².